The highest BCUT2D eigenvalue weighted by molar-refractivity contribution is 6.21. The number of carbonyl (C=O) groups excluding carboxylic acids is 2. The van der Waals surface area contributed by atoms with Crippen LogP contribution in [0.1, 0.15) is 70.8 Å². The number of hydrogen-bond acceptors (Lipinski definition) is 2. The lowest BCUT2D eigenvalue weighted by Crippen LogP contribution is -2.53. The molecule has 4 bridgehead atoms. The van der Waals surface area contributed by atoms with Gasteiger partial charge >= 0.3 is 0 Å². The smallest absolute Gasteiger partial charge is 0.262 e. The molecule has 2 aromatic carbocycles. The van der Waals surface area contributed by atoms with E-state index in [2.05, 4.69) is 12.1 Å². The molecule has 1 aliphatic heterocycles. The Balaban J connectivity index is 1.50. The van der Waals surface area contributed by atoms with E-state index in [4.69, 9.17) is 0 Å². The summed E-state index contributed by atoms with van der Waals surface area (Å²) < 4.78 is 0. The van der Waals surface area contributed by atoms with Crippen LogP contribution in [0.2, 0.25) is 0 Å². The van der Waals surface area contributed by atoms with Crippen LogP contribution >= 0.6 is 0 Å². The zero-order valence-electron chi connectivity index (χ0n) is 16.0. The van der Waals surface area contributed by atoms with Crippen LogP contribution in [-0.2, 0) is 0 Å². The van der Waals surface area contributed by atoms with Gasteiger partial charge in [0.25, 0.3) is 11.8 Å². The normalized spacial score (nSPS) is 34.0. The van der Waals surface area contributed by atoms with Crippen molar-refractivity contribution in [2.75, 3.05) is 0 Å². The number of carbonyl (C=O) groups is 2. The molecule has 1 atom stereocenters. The summed E-state index contributed by atoms with van der Waals surface area (Å²) in [6, 6.07) is 17.5. The van der Waals surface area contributed by atoms with Crippen LogP contribution in [0.3, 0.4) is 0 Å². The monoisotopic (exact) mass is 371 g/mol. The minimum Gasteiger partial charge on any atom is -0.269 e. The summed E-state index contributed by atoms with van der Waals surface area (Å²) in [5.74, 6) is 2.10. The van der Waals surface area contributed by atoms with E-state index in [1.165, 1.54) is 19.3 Å². The zero-order chi connectivity index (χ0) is 18.9. The first-order chi connectivity index (χ1) is 13.6. The molecule has 3 nitrogen and oxygen atoms in total. The highest BCUT2D eigenvalue weighted by Gasteiger charge is 2.58. The molecule has 0 radical (unpaired) electrons. The number of hydrogen-bond donors (Lipinski definition) is 0. The van der Waals surface area contributed by atoms with E-state index in [-0.39, 0.29) is 23.3 Å². The largest absolute Gasteiger partial charge is 0.269 e. The van der Waals surface area contributed by atoms with Crippen LogP contribution in [0.5, 0.6) is 0 Å². The van der Waals surface area contributed by atoms with Crippen molar-refractivity contribution >= 4 is 11.8 Å². The van der Waals surface area contributed by atoms with Crippen LogP contribution in [-0.4, -0.2) is 16.7 Å². The van der Waals surface area contributed by atoms with Crippen LogP contribution in [0.4, 0.5) is 0 Å². The molecule has 1 unspecified atom stereocenters. The second-order valence-electron chi connectivity index (χ2n) is 9.62. The van der Waals surface area contributed by atoms with Crippen molar-refractivity contribution in [1.29, 1.82) is 0 Å². The van der Waals surface area contributed by atoms with E-state index in [0.29, 0.717) is 11.1 Å². The highest BCUT2D eigenvalue weighted by Crippen LogP contribution is 2.65. The molecule has 1 heterocycles. The van der Waals surface area contributed by atoms with E-state index in [9.17, 15) is 9.59 Å². The third-order valence-electron chi connectivity index (χ3n) is 7.86. The Labute approximate surface area is 165 Å². The van der Waals surface area contributed by atoms with Crippen molar-refractivity contribution in [2.45, 2.75) is 44.6 Å². The number of nitrogens with zero attached hydrogens (tertiary/aromatic N) is 1. The summed E-state index contributed by atoms with van der Waals surface area (Å²) in [5, 5.41) is 0. The molecule has 7 rings (SSSR count). The van der Waals surface area contributed by atoms with Gasteiger partial charge in [0, 0.05) is 0 Å². The van der Waals surface area contributed by atoms with Gasteiger partial charge in [-0.2, -0.15) is 0 Å². The Morgan fingerprint density at radius 1 is 0.714 bits per heavy atom. The molecule has 28 heavy (non-hydrogen) atoms. The van der Waals surface area contributed by atoms with Crippen molar-refractivity contribution in [2.24, 2.45) is 23.2 Å². The number of benzene rings is 2. The van der Waals surface area contributed by atoms with Crippen molar-refractivity contribution in [1.82, 2.24) is 4.90 Å². The second-order valence-corrected chi connectivity index (χ2v) is 9.62. The molecular formula is C25H25NO2. The van der Waals surface area contributed by atoms with E-state index >= 15 is 0 Å². The zero-order valence-corrected chi connectivity index (χ0v) is 16.0. The average Bonchev–Trinajstić information content (AvgIpc) is 2.93. The summed E-state index contributed by atoms with van der Waals surface area (Å²) in [7, 11) is 0. The summed E-state index contributed by atoms with van der Waals surface area (Å²) >= 11 is 0. The van der Waals surface area contributed by atoms with E-state index in [0.717, 1.165) is 42.6 Å². The second kappa shape index (κ2) is 5.79. The minimum atomic E-state index is -0.144. The Morgan fingerprint density at radius 3 is 1.68 bits per heavy atom. The van der Waals surface area contributed by atoms with Gasteiger partial charge in [-0.1, -0.05) is 42.5 Å². The van der Waals surface area contributed by atoms with Crippen LogP contribution in [0.15, 0.2) is 54.6 Å². The fourth-order valence-electron chi connectivity index (χ4n) is 7.37. The number of amides is 2. The summed E-state index contributed by atoms with van der Waals surface area (Å²) in [4.78, 5) is 28.5. The molecule has 142 valence electrons. The molecule has 2 aromatic rings. The molecule has 4 saturated carbocycles. The minimum absolute atomic E-state index is 0.0451. The molecular weight excluding hydrogens is 346 g/mol. The predicted octanol–water partition coefficient (Wildman–Crippen LogP) is 5.24. The molecule has 4 aliphatic carbocycles. The maximum absolute atomic E-state index is 13.4. The first kappa shape index (κ1) is 16.5. The van der Waals surface area contributed by atoms with Gasteiger partial charge in [0.1, 0.15) is 0 Å². The Morgan fingerprint density at radius 2 is 1.18 bits per heavy atom. The van der Waals surface area contributed by atoms with Crippen molar-refractivity contribution in [3.8, 4) is 0 Å². The van der Waals surface area contributed by atoms with Gasteiger partial charge in [-0.15, -0.1) is 0 Å². The molecule has 4 fully saturated rings. The van der Waals surface area contributed by atoms with Gasteiger partial charge in [-0.25, -0.2) is 0 Å². The number of imide groups is 1. The van der Waals surface area contributed by atoms with E-state index in [1.807, 2.05) is 30.3 Å². The fraction of sp³-hybridized carbons (Fsp3) is 0.440. The molecule has 0 saturated heterocycles. The average molecular weight is 371 g/mol. The maximum atomic E-state index is 13.4. The molecule has 3 heteroatoms. The standard InChI is InChI=1S/C25H25NO2/c27-23-20-8-4-5-9-21(20)24(28)26(23)22(19-6-2-1-3-7-19)25-13-16-10-17(14-25)12-18(11-16)15-25/h1-9,16-18,22H,10-15H2. The topological polar surface area (TPSA) is 37.4 Å². The lowest BCUT2D eigenvalue weighted by atomic mass is 9.47. The van der Waals surface area contributed by atoms with Gasteiger partial charge in [-0.3, -0.25) is 14.5 Å². The molecule has 0 N–H and O–H groups in total. The highest BCUT2D eigenvalue weighted by atomic mass is 16.2. The van der Waals surface area contributed by atoms with Crippen molar-refractivity contribution in [3.63, 3.8) is 0 Å². The van der Waals surface area contributed by atoms with Gasteiger partial charge < -0.3 is 0 Å². The lowest BCUT2D eigenvalue weighted by molar-refractivity contribution is -0.0905. The number of fused-ring (bicyclic) bond motifs is 1. The van der Waals surface area contributed by atoms with Gasteiger partial charge in [0.15, 0.2) is 0 Å². The van der Waals surface area contributed by atoms with Gasteiger partial charge in [-0.05, 0) is 79.4 Å². The Bertz CT molecular complexity index is 893. The Hall–Kier alpha value is -2.42. The van der Waals surface area contributed by atoms with Gasteiger partial charge in [0.05, 0.1) is 17.2 Å². The van der Waals surface area contributed by atoms with Gasteiger partial charge in [0.2, 0.25) is 0 Å². The van der Waals surface area contributed by atoms with Crippen molar-refractivity contribution < 1.29 is 9.59 Å². The van der Waals surface area contributed by atoms with Crippen LogP contribution in [0, 0.1) is 23.2 Å². The maximum Gasteiger partial charge on any atom is 0.262 e. The summed E-state index contributed by atoms with van der Waals surface area (Å²) in [5.41, 5.74) is 2.30. The van der Waals surface area contributed by atoms with E-state index < -0.39 is 0 Å². The Kier molecular flexibility index (Phi) is 3.42. The lowest BCUT2D eigenvalue weighted by Gasteiger charge is -2.60. The third kappa shape index (κ3) is 2.22. The third-order valence-corrected chi connectivity index (χ3v) is 7.86. The fourth-order valence-corrected chi connectivity index (χ4v) is 7.37. The molecule has 0 spiro atoms. The van der Waals surface area contributed by atoms with Crippen molar-refractivity contribution in [3.05, 3.63) is 71.3 Å². The SMILES string of the molecule is O=C1c2ccccc2C(=O)N1C(c1ccccc1)C12CC3CC(CC(C3)C1)C2. The molecule has 5 aliphatic rings. The van der Waals surface area contributed by atoms with Crippen LogP contribution < -0.4 is 0 Å². The summed E-state index contributed by atoms with van der Waals surface area (Å²) in [6.07, 6.45) is 7.53. The molecule has 0 aromatic heterocycles. The summed E-state index contributed by atoms with van der Waals surface area (Å²) in [6.45, 7) is 0. The molecule has 2 amide bonds. The first-order valence-electron chi connectivity index (χ1n) is 10.7. The number of rotatable bonds is 3. The quantitative estimate of drug-likeness (QED) is 0.692. The predicted molar refractivity (Wildman–Crippen MR) is 107 cm³/mol. The van der Waals surface area contributed by atoms with E-state index in [1.54, 1.807) is 17.0 Å². The van der Waals surface area contributed by atoms with Crippen LogP contribution in [0.25, 0.3) is 0 Å². The first-order valence-corrected chi connectivity index (χ1v) is 10.7.